The van der Waals surface area contributed by atoms with Gasteiger partial charge in [-0.1, -0.05) is 35.4 Å². The van der Waals surface area contributed by atoms with Crippen LogP contribution in [0.25, 0.3) is 0 Å². The van der Waals surface area contributed by atoms with E-state index < -0.39 is 0 Å². The van der Waals surface area contributed by atoms with Crippen molar-refractivity contribution in [3.8, 4) is 0 Å². The lowest BCUT2D eigenvalue weighted by Gasteiger charge is -1.97. The molecule has 0 rings (SSSR count). The van der Waals surface area contributed by atoms with Crippen LogP contribution in [-0.4, -0.2) is 11.5 Å². The summed E-state index contributed by atoms with van der Waals surface area (Å²) in [5.74, 6) is 0. The van der Waals surface area contributed by atoms with Gasteiger partial charge in [0.15, 0.2) is 0 Å². The van der Waals surface area contributed by atoms with E-state index in [0.29, 0.717) is 0 Å². The molecule has 0 N–H and O–H groups in total. The van der Waals surface area contributed by atoms with Gasteiger partial charge in [0.1, 0.15) is 0 Å². The maximum atomic E-state index is 2.20. The topological polar surface area (TPSA) is 0 Å². The quantitative estimate of drug-likeness (QED) is 0.573. The van der Waals surface area contributed by atoms with Crippen LogP contribution in [0.2, 0.25) is 0 Å². The molecule has 0 bridgehead atoms. The first-order chi connectivity index (χ1) is 3.27. The summed E-state index contributed by atoms with van der Waals surface area (Å²) in [6.07, 6.45) is 2.10. The molecular weight excluding hydrogens is 144 g/mol. The maximum Gasteiger partial charge on any atom is 0.0103 e. The minimum atomic E-state index is 0.762. The molecule has 3 heteroatoms. The zero-order valence-electron chi connectivity index (χ0n) is 4.80. The number of rotatable bonds is 3. The van der Waals surface area contributed by atoms with Crippen molar-refractivity contribution in [1.82, 2.24) is 0 Å². The van der Waals surface area contributed by atoms with Crippen LogP contribution in [0.15, 0.2) is 0 Å². The van der Waals surface area contributed by atoms with Crippen molar-refractivity contribution >= 4 is 31.4 Å². The van der Waals surface area contributed by atoms with E-state index in [4.69, 9.17) is 0 Å². The maximum absolute atomic E-state index is 2.20. The highest BCUT2D eigenvalue weighted by molar-refractivity contribution is 9.09. The monoisotopic (exact) mass is 154 g/mol. The lowest BCUT2D eigenvalue weighted by molar-refractivity contribution is 1.12. The summed E-state index contributed by atoms with van der Waals surface area (Å²) in [7, 11) is 5.57. The Morgan fingerprint density at radius 1 is 1.29 bits per heavy atom. The van der Waals surface area contributed by atoms with Crippen LogP contribution in [0, 0.1) is 0 Å². The van der Waals surface area contributed by atoms with Gasteiger partial charge in [0.05, 0.1) is 0 Å². The summed E-state index contributed by atoms with van der Waals surface area (Å²) < 4.78 is 0. The van der Waals surface area contributed by atoms with E-state index >= 15 is 0 Å². The second kappa shape index (κ2) is 5.19. The largest absolute Gasteiger partial charge is 0.0860 e. The van der Waals surface area contributed by atoms with Gasteiger partial charge in [0, 0.05) is 5.25 Å². The Balaban J connectivity index is 2.68. The molecule has 0 aliphatic carbocycles. The Morgan fingerprint density at radius 3 is 2.00 bits per heavy atom. The minimum Gasteiger partial charge on any atom is -0.0860 e. The van der Waals surface area contributed by atoms with Crippen LogP contribution in [0.4, 0.5) is 0 Å². The fourth-order valence-corrected chi connectivity index (χ4v) is 3.18. The molecule has 0 radical (unpaired) electrons. The van der Waals surface area contributed by atoms with Crippen molar-refractivity contribution in [3.63, 3.8) is 0 Å². The highest BCUT2D eigenvalue weighted by Crippen LogP contribution is 2.34. The fraction of sp³-hybridized carbons (Fsp3) is 1.00. The molecular formula is C4H10S3. The number of hydrogen-bond donors (Lipinski definition) is 0. The molecule has 7 heavy (non-hydrogen) atoms. The van der Waals surface area contributed by atoms with Crippen molar-refractivity contribution in [2.75, 3.05) is 6.26 Å². The van der Waals surface area contributed by atoms with Gasteiger partial charge in [-0.3, -0.25) is 0 Å². The molecule has 0 saturated heterocycles. The molecule has 0 atom stereocenters. The molecule has 0 spiro atoms. The van der Waals surface area contributed by atoms with Gasteiger partial charge in [0.25, 0.3) is 0 Å². The third-order valence-electron chi connectivity index (χ3n) is 0.300. The smallest absolute Gasteiger partial charge is 0.0103 e. The van der Waals surface area contributed by atoms with Crippen LogP contribution < -0.4 is 0 Å². The van der Waals surface area contributed by atoms with Crippen molar-refractivity contribution in [2.45, 2.75) is 19.1 Å². The van der Waals surface area contributed by atoms with Crippen molar-refractivity contribution in [1.29, 1.82) is 0 Å². The molecule has 0 aliphatic rings. The second-order valence-electron chi connectivity index (χ2n) is 1.38. The SMILES string of the molecule is CSSSC(C)C. The first kappa shape index (κ1) is 8.05. The van der Waals surface area contributed by atoms with Crippen LogP contribution in [0.5, 0.6) is 0 Å². The standard InChI is InChI=1S/C4H10S3/c1-4(2)6-7-5-3/h4H,1-3H3. The van der Waals surface area contributed by atoms with Gasteiger partial charge in [-0.2, -0.15) is 0 Å². The van der Waals surface area contributed by atoms with Gasteiger partial charge >= 0.3 is 0 Å². The predicted octanol–water partition coefficient (Wildman–Crippen LogP) is 3.05. The Bertz CT molecular complexity index is 35.9. The highest BCUT2D eigenvalue weighted by atomic mass is 33.5. The summed E-state index contributed by atoms with van der Waals surface area (Å²) >= 11 is 0. The molecule has 0 fully saturated rings. The minimum absolute atomic E-state index is 0.762. The predicted molar refractivity (Wildman–Crippen MR) is 43.8 cm³/mol. The molecule has 0 saturated carbocycles. The molecule has 0 amide bonds. The molecule has 0 aromatic carbocycles. The molecule has 0 aliphatic heterocycles. The van der Waals surface area contributed by atoms with Gasteiger partial charge in [-0.05, 0) is 16.1 Å². The molecule has 0 heterocycles. The third-order valence-corrected chi connectivity index (χ3v) is 4.63. The van der Waals surface area contributed by atoms with Crippen molar-refractivity contribution < 1.29 is 0 Å². The Labute approximate surface area is 57.0 Å². The zero-order chi connectivity index (χ0) is 5.70. The summed E-state index contributed by atoms with van der Waals surface area (Å²) in [4.78, 5) is 0. The van der Waals surface area contributed by atoms with E-state index in [0.717, 1.165) is 5.25 Å². The molecule has 0 unspecified atom stereocenters. The first-order valence-electron chi connectivity index (χ1n) is 2.13. The van der Waals surface area contributed by atoms with Crippen LogP contribution in [0.3, 0.4) is 0 Å². The van der Waals surface area contributed by atoms with Gasteiger partial charge < -0.3 is 0 Å². The van der Waals surface area contributed by atoms with Crippen molar-refractivity contribution in [3.05, 3.63) is 0 Å². The van der Waals surface area contributed by atoms with E-state index in [1.165, 1.54) is 0 Å². The Hall–Kier alpha value is 1.05. The van der Waals surface area contributed by atoms with Crippen LogP contribution in [-0.2, 0) is 0 Å². The van der Waals surface area contributed by atoms with E-state index in [2.05, 4.69) is 20.1 Å². The number of hydrogen-bond acceptors (Lipinski definition) is 3. The fourth-order valence-electron chi connectivity index (χ4n) is 0.118. The molecule has 0 aromatic heterocycles. The average Bonchev–Trinajstić information content (AvgIpc) is 1.61. The summed E-state index contributed by atoms with van der Waals surface area (Å²) in [5.41, 5.74) is 0. The molecule has 44 valence electrons. The lowest BCUT2D eigenvalue weighted by atomic mass is 10.6. The summed E-state index contributed by atoms with van der Waals surface area (Å²) in [5, 5.41) is 0.762. The zero-order valence-corrected chi connectivity index (χ0v) is 7.25. The molecule has 0 nitrogen and oxygen atoms in total. The normalized spacial score (nSPS) is 10.3. The van der Waals surface area contributed by atoms with E-state index in [-0.39, 0.29) is 0 Å². The van der Waals surface area contributed by atoms with E-state index in [1.54, 1.807) is 0 Å². The van der Waals surface area contributed by atoms with Gasteiger partial charge in [-0.25, -0.2) is 0 Å². The summed E-state index contributed by atoms with van der Waals surface area (Å²) in [6, 6.07) is 0. The van der Waals surface area contributed by atoms with Crippen molar-refractivity contribution in [2.24, 2.45) is 0 Å². The Morgan fingerprint density at radius 2 is 1.86 bits per heavy atom. The molecule has 0 aromatic rings. The summed E-state index contributed by atoms with van der Waals surface area (Å²) in [6.45, 7) is 4.40. The second-order valence-corrected chi connectivity index (χ2v) is 6.19. The van der Waals surface area contributed by atoms with Crippen LogP contribution in [0.1, 0.15) is 13.8 Å². The highest BCUT2D eigenvalue weighted by Gasteiger charge is 1.90. The lowest BCUT2D eigenvalue weighted by Crippen LogP contribution is -1.78. The van der Waals surface area contributed by atoms with Crippen LogP contribution >= 0.6 is 31.4 Å². The Kier molecular flexibility index (Phi) is 5.97. The van der Waals surface area contributed by atoms with Gasteiger partial charge in [-0.15, -0.1) is 0 Å². The van der Waals surface area contributed by atoms with E-state index in [9.17, 15) is 0 Å². The van der Waals surface area contributed by atoms with Gasteiger partial charge in [0.2, 0.25) is 0 Å². The van der Waals surface area contributed by atoms with E-state index in [1.807, 2.05) is 31.4 Å². The average molecular weight is 154 g/mol. The third kappa shape index (κ3) is 7.05. The first-order valence-corrected chi connectivity index (χ1v) is 6.09.